The molecule has 0 spiro atoms. The molecule has 3 rings (SSSR count). The summed E-state index contributed by atoms with van der Waals surface area (Å²) in [5.74, 6) is 1.36. The summed E-state index contributed by atoms with van der Waals surface area (Å²) in [5.41, 5.74) is 0.718. The summed E-state index contributed by atoms with van der Waals surface area (Å²) in [6, 6.07) is 9.24. The van der Waals surface area contributed by atoms with E-state index < -0.39 is 9.05 Å². The first-order valence-electron chi connectivity index (χ1n) is 6.94. The topological polar surface area (TPSA) is 64.8 Å². The highest BCUT2D eigenvalue weighted by atomic mass is 35.7. The van der Waals surface area contributed by atoms with Gasteiger partial charge in [-0.2, -0.15) is 0 Å². The molecular formula is C14H16ClN3O2S. The lowest BCUT2D eigenvalue weighted by atomic mass is 9.97. The molecule has 5 nitrogen and oxygen atoms in total. The Morgan fingerprint density at radius 2 is 1.90 bits per heavy atom. The van der Waals surface area contributed by atoms with E-state index in [9.17, 15) is 8.42 Å². The first-order valence-corrected chi connectivity index (χ1v) is 9.25. The van der Waals surface area contributed by atoms with Crippen LogP contribution in [0.15, 0.2) is 35.5 Å². The van der Waals surface area contributed by atoms with E-state index in [-0.39, 0.29) is 11.1 Å². The second-order valence-corrected chi connectivity index (χ2v) is 7.92. The third kappa shape index (κ3) is 2.70. The van der Waals surface area contributed by atoms with Crippen LogP contribution in [0.3, 0.4) is 0 Å². The van der Waals surface area contributed by atoms with Crippen LogP contribution in [0.4, 0.5) is 0 Å². The fourth-order valence-electron chi connectivity index (χ4n) is 3.03. The third-order valence-electron chi connectivity index (χ3n) is 4.08. The number of halogens is 1. The van der Waals surface area contributed by atoms with Crippen molar-refractivity contribution in [2.24, 2.45) is 5.92 Å². The Labute approximate surface area is 128 Å². The van der Waals surface area contributed by atoms with Gasteiger partial charge < -0.3 is 0 Å². The number of nitrogens with zero attached hydrogens (tertiary/aromatic N) is 3. The minimum Gasteiger partial charge on any atom is -0.269 e. The average Bonchev–Trinajstić information content (AvgIpc) is 3.04. The molecule has 2 atom stereocenters. The van der Waals surface area contributed by atoms with Crippen molar-refractivity contribution in [1.29, 1.82) is 0 Å². The first kappa shape index (κ1) is 14.5. The summed E-state index contributed by atoms with van der Waals surface area (Å²) >= 11 is 0. The molecule has 21 heavy (non-hydrogen) atoms. The van der Waals surface area contributed by atoms with Gasteiger partial charge in [-0.05, 0) is 30.9 Å². The number of aromatic nitrogens is 3. The molecule has 2 aromatic rings. The van der Waals surface area contributed by atoms with Crippen molar-refractivity contribution in [3.05, 3.63) is 36.2 Å². The van der Waals surface area contributed by atoms with E-state index in [1.54, 1.807) is 4.57 Å². The van der Waals surface area contributed by atoms with Crippen LogP contribution in [-0.4, -0.2) is 23.2 Å². The van der Waals surface area contributed by atoms with E-state index in [1.807, 2.05) is 30.3 Å². The van der Waals surface area contributed by atoms with Gasteiger partial charge in [-0.15, -0.1) is 10.2 Å². The van der Waals surface area contributed by atoms with E-state index in [0.29, 0.717) is 11.7 Å². The van der Waals surface area contributed by atoms with E-state index >= 15 is 0 Å². The fraction of sp³-hybridized carbons (Fsp3) is 0.429. The second-order valence-electron chi connectivity index (χ2n) is 5.46. The highest BCUT2D eigenvalue weighted by molar-refractivity contribution is 8.13. The molecule has 0 bridgehead atoms. The van der Waals surface area contributed by atoms with Gasteiger partial charge in [-0.25, -0.2) is 8.42 Å². The van der Waals surface area contributed by atoms with Gasteiger partial charge in [0.1, 0.15) is 5.82 Å². The van der Waals surface area contributed by atoms with Crippen LogP contribution in [-0.2, 0) is 9.05 Å². The molecule has 0 saturated heterocycles. The Kier molecular flexibility index (Phi) is 3.75. The van der Waals surface area contributed by atoms with Crippen molar-refractivity contribution >= 4 is 19.7 Å². The van der Waals surface area contributed by atoms with Crippen LogP contribution in [0.25, 0.3) is 5.69 Å². The number of hydrogen-bond donors (Lipinski definition) is 0. The molecule has 112 valence electrons. The summed E-state index contributed by atoms with van der Waals surface area (Å²) in [4.78, 5) is 0. The predicted octanol–water partition coefficient (Wildman–Crippen LogP) is 3.10. The third-order valence-corrected chi connectivity index (χ3v) is 5.20. The van der Waals surface area contributed by atoms with Crippen LogP contribution >= 0.6 is 10.7 Å². The van der Waals surface area contributed by atoms with E-state index in [2.05, 4.69) is 17.1 Å². The Balaban J connectivity index is 2.20. The van der Waals surface area contributed by atoms with E-state index in [1.165, 1.54) is 0 Å². The summed E-state index contributed by atoms with van der Waals surface area (Å²) < 4.78 is 25.1. The molecule has 1 fully saturated rings. The van der Waals surface area contributed by atoms with Gasteiger partial charge in [0.2, 0.25) is 0 Å². The largest absolute Gasteiger partial charge is 0.297 e. The number of hydrogen-bond acceptors (Lipinski definition) is 4. The summed E-state index contributed by atoms with van der Waals surface area (Å²) in [6.45, 7) is 2.16. The van der Waals surface area contributed by atoms with E-state index in [4.69, 9.17) is 10.7 Å². The molecule has 0 aliphatic heterocycles. The predicted molar refractivity (Wildman–Crippen MR) is 80.2 cm³/mol. The van der Waals surface area contributed by atoms with Crippen molar-refractivity contribution in [2.75, 3.05) is 0 Å². The Hall–Kier alpha value is -1.40. The molecule has 0 N–H and O–H groups in total. The van der Waals surface area contributed by atoms with Gasteiger partial charge in [0.05, 0.1) is 0 Å². The lowest BCUT2D eigenvalue weighted by Gasteiger charge is -2.16. The monoisotopic (exact) mass is 325 g/mol. The van der Waals surface area contributed by atoms with Crippen LogP contribution in [0.2, 0.25) is 0 Å². The number of benzene rings is 1. The molecule has 1 heterocycles. The first-order chi connectivity index (χ1) is 9.98. The zero-order chi connectivity index (χ0) is 15.0. The van der Waals surface area contributed by atoms with Crippen molar-refractivity contribution < 1.29 is 8.42 Å². The maximum atomic E-state index is 11.8. The standard InChI is InChI=1S/C14H16ClN3O2S/c1-10-6-5-9-12(10)13-16-17-14(21(15,19)20)18(13)11-7-3-2-4-8-11/h2-4,7-8,10,12H,5-6,9H2,1H3. The minimum atomic E-state index is -3.95. The Morgan fingerprint density at radius 1 is 1.19 bits per heavy atom. The molecule has 1 aliphatic rings. The molecule has 0 radical (unpaired) electrons. The van der Waals surface area contributed by atoms with Crippen molar-refractivity contribution in [3.8, 4) is 5.69 Å². The van der Waals surface area contributed by atoms with Crippen LogP contribution in [0.1, 0.15) is 37.9 Å². The Bertz CT molecular complexity index is 743. The average molecular weight is 326 g/mol. The van der Waals surface area contributed by atoms with Gasteiger partial charge in [0.15, 0.2) is 0 Å². The fourth-order valence-corrected chi connectivity index (χ4v) is 3.88. The smallest absolute Gasteiger partial charge is 0.269 e. The van der Waals surface area contributed by atoms with Gasteiger partial charge >= 0.3 is 0 Å². The van der Waals surface area contributed by atoms with E-state index in [0.717, 1.165) is 24.9 Å². The molecule has 2 unspecified atom stereocenters. The molecule has 1 aliphatic carbocycles. The SMILES string of the molecule is CC1CCCC1c1nnc(S(=O)(=O)Cl)n1-c1ccccc1. The Morgan fingerprint density at radius 3 is 2.48 bits per heavy atom. The summed E-state index contributed by atoms with van der Waals surface area (Å²) in [7, 11) is 1.57. The van der Waals surface area contributed by atoms with Gasteiger partial charge in [-0.1, -0.05) is 31.5 Å². The maximum Gasteiger partial charge on any atom is 0.297 e. The molecule has 1 saturated carbocycles. The van der Waals surface area contributed by atoms with Crippen LogP contribution in [0.5, 0.6) is 0 Å². The van der Waals surface area contributed by atoms with Gasteiger partial charge in [0.25, 0.3) is 14.2 Å². The van der Waals surface area contributed by atoms with Crippen LogP contribution in [0, 0.1) is 5.92 Å². The van der Waals surface area contributed by atoms with Crippen molar-refractivity contribution in [2.45, 2.75) is 37.3 Å². The van der Waals surface area contributed by atoms with Crippen LogP contribution < -0.4 is 0 Å². The highest BCUT2D eigenvalue weighted by Crippen LogP contribution is 2.39. The zero-order valence-electron chi connectivity index (χ0n) is 11.6. The second kappa shape index (κ2) is 5.42. The molecule has 1 aromatic heterocycles. The quantitative estimate of drug-likeness (QED) is 0.813. The van der Waals surface area contributed by atoms with Gasteiger partial charge in [-0.3, -0.25) is 4.57 Å². The zero-order valence-corrected chi connectivity index (χ0v) is 13.2. The molecular weight excluding hydrogens is 310 g/mol. The maximum absolute atomic E-state index is 11.8. The normalized spacial score (nSPS) is 22.6. The lowest BCUT2D eigenvalue weighted by molar-refractivity contribution is 0.500. The number of para-hydroxylation sites is 1. The summed E-state index contributed by atoms with van der Waals surface area (Å²) in [5, 5.41) is 7.77. The molecule has 0 amide bonds. The van der Waals surface area contributed by atoms with Crippen molar-refractivity contribution in [3.63, 3.8) is 0 Å². The molecule has 1 aromatic carbocycles. The van der Waals surface area contributed by atoms with Gasteiger partial charge in [0, 0.05) is 22.3 Å². The lowest BCUT2D eigenvalue weighted by Crippen LogP contribution is -2.12. The summed E-state index contributed by atoms with van der Waals surface area (Å²) in [6.07, 6.45) is 3.24. The molecule has 7 heteroatoms. The number of rotatable bonds is 3. The van der Waals surface area contributed by atoms with Crippen molar-refractivity contribution in [1.82, 2.24) is 14.8 Å². The highest BCUT2D eigenvalue weighted by Gasteiger charge is 2.33. The minimum absolute atomic E-state index is 0.204.